The van der Waals surface area contributed by atoms with Crippen LogP contribution in [0.3, 0.4) is 0 Å². The molecule has 0 aliphatic heterocycles. The van der Waals surface area contributed by atoms with E-state index in [1.165, 1.54) is 9.79 Å². The molecule has 0 nitrogen and oxygen atoms in total. The molecule has 0 N–H and O–H groups in total. The minimum absolute atomic E-state index is 0.736. The minimum Gasteiger partial charge on any atom is -0.0901 e. The largest absolute Gasteiger partial charge is 0.0901 e. The van der Waals surface area contributed by atoms with Crippen molar-refractivity contribution >= 4 is 55.2 Å². The Labute approximate surface area is 121 Å². The summed E-state index contributed by atoms with van der Waals surface area (Å²) in [6, 6.07) is 14.2. The van der Waals surface area contributed by atoms with Crippen molar-refractivity contribution in [3.8, 4) is 0 Å². The number of hydrogen-bond acceptors (Lipinski definition) is 1. The topological polar surface area (TPSA) is 0 Å². The van der Waals surface area contributed by atoms with Crippen LogP contribution < -0.4 is 0 Å². The molecule has 0 aliphatic carbocycles. The van der Waals surface area contributed by atoms with Crippen molar-refractivity contribution in [2.75, 3.05) is 0 Å². The van der Waals surface area contributed by atoms with Crippen LogP contribution in [0.2, 0.25) is 5.02 Å². The maximum atomic E-state index is 5.94. The predicted octanol–water partition coefficient (Wildman–Crippen LogP) is 6.02. The molecule has 2 rings (SSSR count). The van der Waals surface area contributed by atoms with E-state index in [1.807, 2.05) is 30.3 Å². The average molecular weight is 379 g/mol. The summed E-state index contributed by atoms with van der Waals surface area (Å²) < 4.78 is 2.02. The second-order valence-electron chi connectivity index (χ2n) is 3.13. The van der Waals surface area contributed by atoms with E-state index in [1.54, 1.807) is 11.8 Å². The summed E-state index contributed by atoms with van der Waals surface area (Å²) in [5.74, 6) is 0. The lowest BCUT2D eigenvalue weighted by Gasteiger charge is -2.03. The average Bonchev–Trinajstić information content (AvgIpc) is 2.27. The molecular weight excluding hydrogens is 371 g/mol. The molecule has 0 unspecified atom stereocenters. The van der Waals surface area contributed by atoms with E-state index in [4.69, 9.17) is 11.6 Å². The van der Waals surface area contributed by atoms with Gasteiger partial charge in [0.1, 0.15) is 0 Å². The molecule has 0 saturated carbocycles. The molecule has 0 atom stereocenters. The van der Waals surface area contributed by atoms with Gasteiger partial charge in [0.2, 0.25) is 0 Å². The maximum absolute atomic E-state index is 5.94. The van der Waals surface area contributed by atoms with Crippen LogP contribution in [0.15, 0.2) is 61.2 Å². The number of halogens is 3. The Balaban J connectivity index is 2.20. The van der Waals surface area contributed by atoms with Crippen molar-refractivity contribution < 1.29 is 0 Å². The molecule has 0 spiro atoms. The van der Waals surface area contributed by atoms with Crippen LogP contribution in [0.4, 0.5) is 0 Å². The molecule has 0 fully saturated rings. The highest BCUT2D eigenvalue weighted by molar-refractivity contribution is 9.10. The summed E-state index contributed by atoms with van der Waals surface area (Å²) in [4.78, 5) is 2.37. The Kier molecular flexibility index (Phi) is 4.36. The van der Waals surface area contributed by atoms with Gasteiger partial charge in [-0.05, 0) is 58.4 Å². The van der Waals surface area contributed by atoms with E-state index in [-0.39, 0.29) is 0 Å². The summed E-state index contributed by atoms with van der Waals surface area (Å²) in [5.41, 5.74) is 0. The lowest BCUT2D eigenvalue weighted by atomic mass is 10.4. The first-order valence-electron chi connectivity index (χ1n) is 4.53. The fourth-order valence-corrected chi connectivity index (χ4v) is 2.95. The lowest BCUT2D eigenvalue weighted by molar-refractivity contribution is 1.39. The van der Waals surface area contributed by atoms with Crippen molar-refractivity contribution in [2.45, 2.75) is 9.79 Å². The second kappa shape index (κ2) is 5.58. The molecule has 16 heavy (non-hydrogen) atoms. The van der Waals surface area contributed by atoms with E-state index in [2.05, 4.69) is 44.0 Å². The second-order valence-corrected chi connectivity index (χ2v) is 6.46. The highest BCUT2D eigenvalue weighted by atomic mass is 79.9. The monoisotopic (exact) mass is 376 g/mol. The lowest BCUT2D eigenvalue weighted by Crippen LogP contribution is -1.75. The number of hydrogen-bond donors (Lipinski definition) is 0. The van der Waals surface area contributed by atoms with Crippen LogP contribution in [-0.4, -0.2) is 0 Å². The summed E-state index contributed by atoms with van der Waals surface area (Å²) in [5, 5.41) is 0.736. The molecule has 0 heterocycles. The van der Waals surface area contributed by atoms with Crippen LogP contribution >= 0.6 is 55.2 Å². The summed E-state index contributed by atoms with van der Waals surface area (Å²) >= 11 is 14.5. The SMILES string of the molecule is Clc1ccc(Sc2ccc(Br)cc2)cc1Br. The normalized spacial score (nSPS) is 10.4. The van der Waals surface area contributed by atoms with Gasteiger partial charge in [-0.2, -0.15) is 0 Å². The smallest absolute Gasteiger partial charge is 0.0548 e. The van der Waals surface area contributed by atoms with Crippen LogP contribution in [-0.2, 0) is 0 Å². The third kappa shape index (κ3) is 3.27. The number of benzene rings is 2. The highest BCUT2D eigenvalue weighted by Gasteiger charge is 2.01. The van der Waals surface area contributed by atoms with Crippen LogP contribution in [0, 0.1) is 0 Å². The van der Waals surface area contributed by atoms with E-state index in [0.29, 0.717) is 0 Å². The minimum atomic E-state index is 0.736. The fourth-order valence-electron chi connectivity index (χ4n) is 1.18. The molecule has 2 aromatic carbocycles. The molecule has 0 saturated heterocycles. The maximum Gasteiger partial charge on any atom is 0.0548 e. The van der Waals surface area contributed by atoms with Gasteiger partial charge in [0.25, 0.3) is 0 Å². The Bertz CT molecular complexity index is 497. The third-order valence-electron chi connectivity index (χ3n) is 1.94. The molecule has 0 bridgehead atoms. The molecule has 0 aliphatic rings. The predicted molar refractivity (Wildman–Crippen MR) is 77.4 cm³/mol. The first-order chi connectivity index (χ1) is 7.65. The van der Waals surface area contributed by atoms with Crippen molar-refractivity contribution in [3.05, 3.63) is 56.4 Å². The Hall–Kier alpha value is 0.0400. The zero-order valence-electron chi connectivity index (χ0n) is 8.08. The van der Waals surface area contributed by atoms with Crippen molar-refractivity contribution in [1.82, 2.24) is 0 Å². The van der Waals surface area contributed by atoms with Gasteiger partial charge in [-0.25, -0.2) is 0 Å². The first kappa shape index (κ1) is 12.5. The van der Waals surface area contributed by atoms with Crippen LogP contribution in [0.5, 0.6) is 0 Å². The van der Waals surface area contributed by atoms with E-state index in [9.17, 15) is 0 Å². The van der Waals surface area contributed by atoms with Gasteiger partial charge in [-0.15, -0.1) is 0 Å². The molecule has 0 aromatic heterocycles. The van der Waals surface area contributed by atoms with E-state index in [0.717, 1.165) is 14.0 Å². The van der Waals surface area contributed by atoms with E-state index < -0.39 is 0 Å². The van der Waals surface area contributed by atoms with Gasteiger partial charge in [-0.1, -0.05) is 39.3 Å². The Morgan fingerprint density at radius 3 is 2.12 bits per heavy atom. The zero-order valence-corrected chi connectivity index (χ0v) is 12.8. The third-order valence-corrected chi connectivity index (χ3v) is 4.68. The molecule has 2 aromatic rings. The molecule has 4 heteroatoms. The molecule has 0 radical (unpaired) electrons. The first-order valence-corrected chi connectivity index (χ1v) is 7.32. The summed E-state index contributed by atoms with van der Waals surface area (Å²) in [6.45, 7) is 0. The molecular formula is C12H7Br2ClS. The summed E-state index contributed by atoms with van der Waals surface area (Å²) in [7, 11) is 0. The zero-order chi connectivity index (χ0) is 11.5. The number of rotatable bonds is 2. The van der Waals surface area contributed by atoms with Gasteiger partial charge in [-0.3, -0.25) is 0 Å². The van der Waals surface area contributed by atoms with Gasteiger partial charge < -0.3 is 0 Å². The van der Waals surface area contributed by atoms with Crippen LogP contribution in [0.1, 0.15) is 0 Å². The molecule has 82 valence electrons. The standard InChI is InChI=1S/C12H7Br2ClS/c13-8-1-3-9(4-2-8)16-10-5-6-12(15)11(14)7-10/h1-7H. The van der Waals surface area contributed by atoms with Gasteiger partial charge in [0.15, 0.2) is 0 Å². The molecule has 0 amide bonds. The van der Waals surface area contributed by atoms with Gasteiger partial charge in [0.05, 0.1) is 5.02 Å². The van der Waals surface area contributed by atoms with E-state index >= 15 is 0 Å². The Morgan fingerprint density at radius 2 is 1.50 bits per heavy atom. The van der Waals surface area contributed by atoms with Gasteiger partial charge >= 0.3 is 0 Å². The summed E-state index contributed by atoms with van der Waals surface area (Å²) in [6.07, 6.45) is 0. The van der Waals surface area contributed by atoms with Crippen molar-refractivity contribution in [1.29, 1.82) is 0 Å². The van der Waals surface area contributed by atoms with Crippen molar-refractivity contribution in [2.24, 2.45) is 0 Å². The Morgan fingerprint density at radius 1 is 0.875 bits per heavy atom. The fraction of sp³-hybridized carbons (Fsp3) is 0. The quantitative estimate of drug-likeness (QED) is 0.616. The van der Waals surface area contributed by atoms with Crippen molar-refractivity contribution in [3.63, 3.8) is 0 Å². The van der Waals surface area contributed by atoms with Crippen LogP contribution in [0.25, 0.3) is 0 Å². The van der Waals surface area contributed by atoms with Gasteiger partial charge in [0, 0.05) is 18.7 Å². The highest BCUT2D eigenvalue weighted by Crippen LogP contribution is 2.33.